The number of hydrogen-bond donors (Lipinski definition) is 1. The number of carbonyl (C=O) groups excluding carboxylic acids is 3. The summed E-state index contributed by atoms with van der Waals surface area (Å²) in [4.78, 5) is 38.0. The van der Waals surface area contributed by atoms with E-state index >= 15 is 0 Å². The minimum Gasteiger partial charge on any atom is -0.494 e. The molecular weight excluding hydrogens is 403 g/mol. The molecule has 1 heterocycles. The van der Waals surface area contributed by atoms with Crippen molar-refractivity contribution in [1.82, 2.24) is 0 Å². The zero-order chi connectivity index (χ0) is 19.1. The second kappa shape index (κ2) is 6.79. The first-order chi connectivity index (χ1) is 12.2. The van der Waals surface area contributed by atoms with Crippen LogP contribution in [-0.2, 0) is 4.79 Å². The Hall–Kier alpha value is -2.28. The maximum atomic E-state index is 12.6. The van der Waals surface area contributed by atoms with Gasteiger partial charge in [-0.15, -0.1) is 0 Å². The minimum atomic E-state index is -2.13. The van der Waals surface area contributed by atoms with E-state index in [0.29, 0.717) is 11.1 Å². The van der Waals surface area contributed by atoms with E-state index in [-0.39, 0.29) is 17.1 Å². The zero-order valence-corrected chi connectivity index (χ0v) is 15.5. The van der Waals surface area contributed by atoms with Crippen LogP contribution in [0.3, 0.4) is 0 Å². The molecule has 134 valence electrons. The Morgan fingerprint density at radius 2 is 1.62 bits per heavy atom. The molecule has 3 rings (SSSR count). The molecule has 1 aliphatic heterocycles. The average Bonchev–Trinajstić information content (AvgIpc) is 2.85. The van der Waals surface area contributed by atoms with Gasteiger partial charge in [-0.1, -0.05) is 46.9 Å². The lowest BCUT2D eigenvalue weighted by Gasteiger charge is -2.19. The summed E-state index contributed by atoms with van der Waals surface area (Å²) in [6.45, 7) is 0. The number of ether oxygens (including phenoxy) is 1. The van der Waals surface area contributed by atoms with E-state index in [0.717, 1.165) is 4.90 Å². The van der Waals surface area contributed by atoms with Crippen LogP contribution in [0.1, 0.15) is 20.7 Å². The van der Waals surface area contributed by atoms with Crippen molar-refractivity contribution < 1.29 is 19.1 Å². The van der Waals surface area contributed by atoms with Crippen molar-refractivity contribution in [2.45, 2.75) is 3.79 Å². The standard InChI is InChI=1S/C17H11Cl3N2O4/c1-26-13-8-9(21-16(25)17(18,19)20)6-7-12(13)22-14(23)10-4-2-3-5-11(10)15(22)24/h2-8H,1H3,(H,21,25). The number of methoxy groups -OCH3 is 1. The van der Waals surface area contributed by atoms with Crippen molar-refractivity contribution in [3.8, 4) is 5.75 Å². The van der Waals surface area contributed by atoms with Crippen LogP contribution in [0, 0.1) is 0 Å². The van der Waals surface area contributed by atoms with Crippen LogP contribution < -0.4 is 15.0 Å². The second-order valence-electron chi connectivity index (χ2n) is 5.33. The molecule has 0 saturated heterocycles. The molecule has 9 heteroatoms. The zero-order valence-electron chi connectivity index (χ0n) is 13.3. The number of halogens is 3. The maximum absolute atomic E-state index is 12.6. The largest absolute Gasteiger partial charge is 0.494 e. The predicted octanol–water partition coefficient (Wildman–Crippen LogP) is 3.80. The number of imide groups is 1. The molecule has 6 nitrogen and oxygen atoms in total. The Morgan fingerprint density at radius 3 is 2.12 bits per heavy atom. The average molecular weight is 414 g/mol. The highest BCUT2D eigenvalue weighted by molar-refractivity contribution is 6.76. The summed E-state index contributed by atoms with van der Waals surface area (Å²) in [6, 6.07) is 10.9. The first-order valence-corrected chi connectivity index (χ1v) is 8.41. The van der Waals surface area contributed by atoms with Gasteiger partial charge in [-0.25, -0.2) is 4.90 Å². The van der Waals surface area contributed by atoms with E-state index in [4.69, 9.17) is 39.5 Å². The summed E-state index contributed by atoms with van der Waals surface area (Å²) in [5, 5.41) is 2.41. The summed E-state index contributed by atoms with van der Waals surface area (Å²) >= 11 is 16.6. The van der Waals surface area contributed by atoms with E-state index in [1.807, 2.05) is 0 Å². The van der Waals surface area contributed by atoms with Crippen molar-refractivity contribution in [2.24, 2.45) is 0 Å². The highest BCUT2D eigenvalue weighted by Gasteiger charge is 2.38. The molecule has 2 aromatic rings. The fourth-order valence-corrected chi connectivity index (χ4v) is 2.69. The molecule has 0 saturated carbocycles. The van der Waals surface area contributed by atoms with Crippen LogP contribution in [0.15, 0.2) is 42.5 Å². The SMILES string of the molecule is COc1cc(NC(=O)C(Cl)(Cl)Cl)ccc1N1C(=O)c2ccccc2C1=O. The molecule has 1 aliphatic rings. The van der Waals surface area contributed by atoms with Gasteiger partial charge < -0.3 is 10.1 Å². The van der Waals surface area contributed by atoms with E-state index in [1.54, 1.807) is 24.3 Å². The molecule has 0 aliphatic carbocycles. The Labute approximate surface area is 163 Å². The van der Waals surface area contributed by atoms with Crippen LogP contribution in [0.5, 0.6) is 5.75 Å². The number of hydrogen-bond acceptors (Lipinski definition) is 4. The topological polar surface area (TPSA) is 75.7 Å². The number of benzene rings is 2. The molecule has 0 aromatic heterocycles. The first-order valence-electron chi connectivity index (χ1n) is 7.28. The van der Waals surface area contributed by atoms with Gasteiger partial charge in [-0.05, 0) is 24.3 Å². The van der Waals surface area contributed by atoms with Gasteiger partial charge in [0.15, 0.2) is 0 Å². The van der Waals surface area contributed by atoms with Crippen molar-refractivity contribution in [3.63, 3.8) is 0 Å². The van der Waals surface area contributed by atoms with Gasteiger partial charge in [0.25, 0.3) is 21.5 Å². The van der Waals surface area contributed by atoms with Crippen LogP contribution in [-0.4, -0.2) is 28.6 Å². The fraction of sp³-hybridized carbons (Fsp3) is 0.118. The van der Waals surface area contributed by atoms with E-state index in [9.17, 15) is 14.4 Å². The van der Waals surface area contributed by atoms with Gasteiger partial charge in [0.2, 0.25) is 0 Å². The predicted molar refractivity (Wildman–Crippen MR) is 99.5 cm³/mol. The van der Waals surface area contributed by atoms with Gasteiger partial charge in [0.1, 0.15) is 5.75 Å². The third-order valence-electron chi connectivity index (χ3n) is 3.73. The monoisotopic (exact) mass is 412 g/mol. The van der Waals surface area contributed by atoms with Crippen molar-refractivity contribution in [2.75, 3.05) is 17.3 Å². The minimum absolute atomic E-state index is 0.196. The number of carbonyl (C=O) groups is 3. The Balaban J connectivity index is 1.96. The first kappa shape index (κ1) is 18.5. The van der Waals surface area contributed by atoms with Crippen molar-refractivity contribution in [1.29, 1.82) is 0 Å². The lowest BCUT2D eigenvalue weighted by atomic mass is 10.1. The number of nitrogens with zero attached hydrogens (tertiary/aromatic N) is 1. The van der Waals surface area contributed by atoms with Gasteiger partial charge in [-0.2, -0.15) is 0 Å². The van der Waals surface area contributed by atoms with E-state index < -0.39 is 21.5 Å². The quantitative estimate of drug-likeness (QED) is 0.613. The number of rotatable bonds is 3. The summed E-state index contributed by atoms with van der Waals surface area (Å²) in [6.07, 6.45) is 0. The second-order valence-corrected chi connectivity index (χ2v) is 7.61. The van der Waals surface area contributed by atoms with Gasteiger partial charge in [-0.3, -0.25) is 14.4 Å². The van der Waals surface area contributed by atoms with Crippen LogP contribution in [0.25, 0.3) is 0 Å². The molecule has 3 amide bonds. The normalized spacial score (nSPS) is 13.6. The van der Waals surface area contributed by atoms with Gasteiger partial charge in [0, 0.05) is 11.8 Å². The molecule has 0 fully saturated rings. The molecule has 0 bridgehead atoms. The molecule has 0 radical (unpaired) electrons. The number of alkyl halides is 3. The van der Waals surface area contributed by atoms with Crippen molar-refractivity contribution >= 4 is 63.9 Å². The summed E-state index contributed by atoms with van der Waals surface area (Å²) in [5.74, 6) is -1.57. The molecule has 0 unspecified atom stereocenters. The third kappa shape index (κ3) is 3.23. The van der Waals surface area contributed by atoms with Crippen LogP contribution in [0.4, 0.5) is 11.4 Å². The van der Waals surface area contributed by atoms with Gasteiger partial charge in [0.05, 0.1) is 23.9 Å². The molecule has 2 aromatic carbocycles. The summed E-state index contributed by atoms with van der Waals surface area (Å²) < 4.78 is 3.13. The molecule has 0 spiro atoms. The Kier molecular flexibility index (Phi) is 4.84. The Morgan fingerprint density at radius 1 is 1.04 bits per heavy atom. The number of nitrogens with one attached hydrogen (secondary N) is 1. The highest BCUT2D eigenvalue weighted by atomic mass is 35.6. The van der Waals surface area contributed by atoms with Crippen LogP contribution in [0.2, 0.25) is 0 Å². The third-order valence-corrected chi connectivity index (χ3v) is 4.24. The van der Waals surface area contributed by atoms with Gasteiger partial charge >= 0.3 is 0 Å². The van der Waals surface area contributed by atoms with Crippen molar-refractivity contribution in [3.05, 3.63) is 53.6 Å². The lowest BCUT2D eigenvalue weighted by Crippen LogP contribution is -2.30. The van der Waals surface area contributed by atoms with Crippen LogP contribution >= 0.6 is 34.8 Å². The lowest BCUT2D eigenvalue weighted by molar-refractivity contribution is -0.115. The summed E-state index contributed by atoms with van der Waals surface area (Å²) in [7, 11) is 1.37. The maximum Gasteiger partial charge on any atom is 0.276 e. The summed E-state index contributed by atoms with van der Waals surface area (Å²) in [5.41, 5.74) is 1.14. The Bertz CT molecular complexity index is 889. The molecule has 0 atom stereocenters. The molecule has 26 heavy (non-hydrogen) atoms. The number of amides is 3. The highest BCUT2D eigenvalue weighted by Crippen LogP contribution is 2.37. The smallest absolute Gasteiger partial charge is 0.276 e. The fourth-order valence-electron chi connectivity index (χ4n) is 2.55. The number of fused-ring (bicyclic) bond motifs is 1. The number of anilines is 2. The van der Waals surface area contributed by atoms with E-state index in [2.05, 4.69) is 5.32 Å². The molecule has 1 N–H and O–H groups in total. The molecular formula is C17H11Cl3N2O4. The van der Waals surface area contributed by atoms with E-state index in [1.165, 1.54) is 25.3 Å².